The van der Waals surface area contributed by atoms with Crippen LogP contribution in [-0.4, -0.2) is 41.5 Å². The number of rotatable bonds is 14. The van der Waals surface area contributed by atoms with E-state index in [0.717, 1.165) is 19.3 Å². The molecule has 140 valence electrons. The van der Waals surface area contributed by atoms with Gasteiger partial charge in [-0.05, 0) is 6.42 Å². The molecule has 1 aliphatic heterocycles. The molecule has 0 bridgehead atoms. The number of nitrogens with zero attached hydrogens (tertiary/aromatic N) is 2. The van der Waals surface area contributed by atoms with Crippen molar-refractivity contribution in [3.8, 4) is 0 Å². The van der Waals surface area contributed by atoms with Crippen LogP contribution in [0.25, 0.3) is 0 Å². The van der Waals surface area contributed by atoms with Gasteiger partial charge >= 0.3 is 41.5 Å². The number of carboxylic acid groups (broad SMARTS) is 1. The second kappa shape index (κ2) is 15.6. The van der Waals surface area contributed by atoms with Crippen molar-refractivity contribution in [2.24, 2.45) is 10.9 Å². The van der Waals surface area contributed by atoms with Gasteiger partial charge in [0.15, 0.2) is 0 Å². The number of aliphatic carboxylic acids is 1. The maximum atomic E-state index is 12.1. The maximum Gasteiger partial charge on any atom is 1.00 e. The largest absolute Gasteiger partial charge is 1.00 e. The molecular formula is C18H33N2NaO4. The first-order chi connectivity index (χ1) is 11.6. The molecular weight excluding hydrogens is 331 g/mol. The number of unbranched alkanes of at least 4 members (excludes halogenated alkanes) is 8. The Kier molecular flexibility index (Phi) is 15.3. The molecule has 0 radical (unpaired) electrons. The summed E-state index contributed by atoms with van der Waals surface area (Å²) in [6, 6.07) is 0. The molecule has 0 saturated heterocycles. The summed E-state index contributed by atoms with van der Waals surface area (Å²) < 4.78 is 0. The van der Waals surface area contributed by atoms with E-state index in [1.54, 1.807) is 0 Å². The molecule has 0 saturated carbocycles. The van der Waals surface area contributed by atoms with Crippen LogP contribution in [-0.2, 0) is 14.4 Å². The average Bonchev–Trinajstić information content (AvgIpc) is 3.04. The maximum absolute atomic E-state index is 12.1. The van der Waals surface area contributed by atoms with Gasteiger partial charge in [-0.2, -0.15) is 5.06 Å². The molecule has 1 heterocycles. The van der Waals surface area contributed by atoms with Gasteiger partial charge in [-0.25, -0.2) is 4.79 Å². The van der Waals surface area contributed by atoms with Gasteiger partial charge in [0.25, 0.3) is 0 Å². The number of hydroxylamine groups is 2. The smallest absolute Gasteiger partial charge is 1.00 e. The predicted molar refractivity (Wildman–Crippen MR) is 94.9 cm³/mol. The minimum absolute atomic E-state index is 0. The molecule has 0 amide bonds. The zero-order valence-corrected chi connectivity index (χ0v) is 17.9. The van der Waals surface area contributed by atoms with Crippen LogP contribution in [0.2, 0.25) is 0 Å². The first kappa shape index (κ1) is 24.4. The van der Waals surface area contributed by atoms with Crippen LogP contribution in [0.15, 0.2) is 4.99 Å². The summed E-state index contributed by atoms with van der Waals surface area (Å²) >= 11 is 0. The Morgan fingerprint density at radius 3 is 2.28 bits per heavy atom. The molecule has 7 heteroatoms. The van der Waals surface area contributed by atoms with Crippen molar-refractivity contribution in [3.05, 3.63) is 0 Å². The van der Waals surface area contributed by atoms with E-state index in [-0.39, 0.29) is 37.4 Å². The zero-order chi connectivity index (χ0) is 17.6. The second-order valence-electron chi connectivity index (χ2n) is 6.48. The summed E-state index contributed by atoms with van der Waals surface area (Å²) in [5, 5.41) is 10.4. The predicted octanol–water partition coefficient (Wildman–Crippen LogP) is 0.917. The molecule has 1 unspecified atom stereocenters. The molecule has 0 aromatic carbocycles. The fraction of sp³-hybridized carbons (Fsp3) is 0.833. The van der Waals surface area contributed by atoms with Crippen molar-refractivity contribution in [1.29, 1.82) is 0 Å². The molecule has 0 spiro atoms. The first-order valence-electron chi connectivity index (χ1n) is 9.33. The van der Waals surface area contributed by atoms with Crippen LogP contribution in [0.3, 0.4) is 0 Å². The Labute approximate surface area is 175 Å². The summed E-state index contributed by atoms with van der Waals surface area (Å²) in [4.78, 5) is 32.2. The van der Waals surface area contributed by atoms with Crippen molar-refractivity contribution >= 4 is 18.3 Å². The van der Waals surface area contributed by atoms with Crippen LogP contribution < -0.4 is 29.6 Å². The van der Waals surface area contributed by atoms with E-state index in [1.165, 1.54) is 49.9 Å². The molecule has 25 heavy (non-hydrogen) atoms. The summed E-state index contributed by atoms with van der Waals surface area (Å²) in [6.07, 6.45) is 12.7. The van der Waals surface area contributed by atoms with Crippen molar-refractivity contribution in [1.82, 2.24) is 5.06 Å². The van der Waals surface area contributed by atoms with Gasteiger partial charge in [-0.1, -0.05) is 64.7 Å². The fourth-order valence-corrected chi connectivity index (χ4v) is 2.84. The number of hydrogen-bond acceptors (Lipinski definition) is 5. The van der Waals surface area contributed by atoms with Gasteiger partial charge in [0.05, 0.1) is 25.4 Å². The molecule has 0 aliphatic carbocycles. The van der Waals surface area contributed by atoms with Gasteiger partial charge < -0.3 is 11.4 Å². The fourth-order valence-electron chi connectivity index (χ4n) is 2.84. The summed E-state index contributed by atoms with van der Waals surface area (Å²) in [7, 11) is 0. The molecule has 1 N–H and O–H groups in total. The van der Waals surface area contributed by atoms with Crippen molar-refractivity contribution < 1.29 is 50.5 Å². The Morgan fingerprint density at radius 2 is 1.76 bits per heavy atom. The average molecular weight is 364 g/mol. The molecule has 1 rings (SSSR count). The summed E-state index contributed by atoms with van der Waals surface area (Å²) in [6.45, 7) is 3.37. The van der Waals surface area contributed by atoms with Crippen LogP contribution in [0.5, 0.6) is 0 Å². The Hall–Kier alpha value is -0.590. The second-order valence-corrected chi connectivity index (χ2v) is 6.48. The van der Waals surface area contributed by atoms with E-state index in [4.69, 9.17) is 9.94 Å². The van der Waals surface area contributed by atoms with Gasteiger partial charge in [0.1, 0.15) is 6.34 Å². The van der Waals surface area contributed by atoms with Gasteiger partial charge in [-0.3, -0.25) is 9.79 Å². The van der Waals surface area contributed by atoms with E-state index in [0.29, 0.717) is 19.5 Å². The number of carboxylic acids is 1. The number of carbonyl (C=O) groups excluding carboxylic acids is 1. The van der Waals surface area contributed by atoms with Crippen LogP contribution in [0, 0.1) is 5.92 Å². The molecule has 1 aliphatic rings. The minimum Gasteiger partial charge on any atom is -1.00 e. The molecule has 6 nitrogen and oxygen atoms in total. The Bertz CT molecular complexity index is 411. The zero-order valence-electron chi connectivity index (χ0n) is 16.9. The third kappa shape index (κ3) is 12.4. The third-order valence-corrected chi connectivity index (χ3v) is 4.28. The topological polar surface area (TPSA) is 79.2 Å². The van der Waals surface area contributed by atoms with Crippen molar-refractivity contribution in [3.63, 3.8) is 0 Å². The molecule has 1 atom stereocenters. The van der Waals surface area contributed by atoms with Gasteiger partial charge in [-0.15, -0.1) is 0 Å². The van der Waals surface area contributed by atoms with Crippen LogP contribution in [0.1, 0.15) is 79.0 Å². The number of hydrogen-bond donors (Lipinski definition) is 1. The van der Waals surface area contributed by atoms with E-state index >= 15 is 0 Å². The number of aliphatic imine (C=N–C) groups is 1. The van der Waals surface area contributed by atoms with Crippen LogP contribution in [0.4, 0.5) is 0 Å². The summed E-state index contributed by atoms with van der Waals surface area (Å²) in [5.41, 5.74) is 0. The van der Waals surface area contributed by atoms with E-state index < -0.39 is 17.9 Å². The molecule has 0 aromatic heterocycles. The quantitative estimate of drug-likeness (QED) is 0.366. The van der Waals surface area contributed by atoms with E-state index in [1.807, 2.05) is 0 Å². The van der Waals surface area contributed by atoms with Crippen molar-refractivity contribution in [2.45, 2.75) is 77.6 Å². The standard InChI is InChI=1S/C18H32N2O4.Na.H/c1-2-3-4-5-6-7-8-9-10-11-16(14-17(21)22)18(23)24-20-13-12-19-15-20;;/h15-16H,2-14H2,1H3,(H,21,22);;/q;+1;-1. The molecule has 0 fully saturated rings. The third-order valence-electron chi connectivity index (χ3n) is 4.28. The monoisotopic (exact) mass is 364 g/mol. The van der Waals surface area contributed by atoms with E-state index in [9.17, 15) is 9.59 Å². The summed E-state index contributed by atoms with van der Waals surface area (Å²) in [5.74, 6) is -1.98. The van der Waals surface area contributed by atoms with E-state index in [2.05, 4.69) is 11.9 Å². The SMILES string of the molecule is CCCCCCCCCCCC(CC(=O)O)C(=O)ON1C=NCC1.[H-].[Na+]. The number of carbonyl (C=O) groups is 2. The van der Waals surface area contributed by atoms with Crippen LogP contribution >= 0.6 is 0 Å². The molecule has 0 aromatic rings. The Balaban J connectivity index is 0. The van der Waals surface area contributed by atoms with Crippen molar-refractivity contribution in [2.75, 3.05) is 13.1 Å². The first-order valence-corrected chi connectivity index (χ1v) is 9.33. The normalized spacial score (nSPS) is 14.2. The van der Waals surface area contributed by atoms with Gasteiger partial charge in [0.2, 0.25) is 0 Å². The van der Waals surface area contributed by atoms with Gasteiger partial charge in [0, 0.05) is 0 Å². The Morgan fingerprint density at radius 1 is 1.16 bits per heavy atom. The minimum atomic E-state index is -0.956.